The molecule has 0 spiro atoms. The van der Waals surface area contributed by atoms with Crippen LogP contribution in [0.1, 0.15) is 39.5 Å². The molecule has 0 aromatic carbocycles. The van der Waals surface area contributed by atoms with E-state index < -0.39 is 0 Å². The molecule has 0 aromatic heterocycles. The summed E-state index contributed by atoms with van der Waals surface area (Å²) in [5.41, 5.74) is 2.60. The highest BCUT2D eigenvalue weighted by Gasteiger charge is 2.37. The molecule has 13 heavy (non-hydrogen) atoms. The maximum Gasteiger partial charge on any atom is 0.126 e. The zero-order valence-corrected chi connectivity index (χ0v) is 9.10. The van der Waals surface area contributed by atoms with Gasteiger partial charge in [-0.15, -0.1) is 0 Å². The molecule has 2 unspecified atom stereocenters. The van der Waals surface area contributed by atoms with Crippen molar-refractivity contribution in [3.05, 3.63) is 11.1 Å². The fourth-order valence-corrected chi connectivity index (χ4v) is 2.41. The van der Waals surface area contributed by atoms with E-state index in [0.717, 1.165) is 31.1 Å². The molecule has 0 heterocycles. The van der Waals surface area contributed by atoms with Crippen molar-refractivity contribution in [2.24, 2.45) is 11.3 Å². The third kappa shape index (κ3) is 2.57. The maximum atomic E-state index is 11.1. The van der Waals surface area contributed by atoms with Gasteiger partial charge in [0.15, 0.2) is 0 Å². The molecule has 1 aliphatic carbocycles. The van der Waals surface area contributed by atoms with Crippen molar-refractivity contribution < 1.29 is 4.79 Å². The summed E-state index contributed by atoms with van der Waals surface area (Å²) in [4.78, 5) is 11.1. The lowest BCUT2D eigenvalue weighted by Gasteiger charge is -2.22. The fraction of sp³-hybridized carbons (Fsp3) is 0.727. The highest BCUT2D eigenvalue weighted by Crippen LogP contribution is 2.44. The van der Waals surface area contributed by atoms with E-state index in [9.17, 15) is 4.79 Å². The Labute approximate surface area is 85.2 Å². The highest BCUT2D eigenvalue weighted by atomic mass is 35.5. The summed E-state index contributed by atoms with van der Waals surface area (Å²) in [7, 11) is 0. The smallest absolute Gasteiger partial charge is 0.126 e. The minimum Gasteiger partial charge on any atom is -0.303 e. The van der Waals surface area contributed by atoms with E-state index in [1.807, 2.05) is 6.92 Å². The molecule has 0 amide bonds. The maximum absolute atomic E-state index is 11.1. The Bertz CT molecular complexity index is 222. The number of hydrogen-bond donors (Lipinski definition) is 0. The van der Waals surface area contributed by atoms with E-state index >= 15 is 0 Å². The molecule has 0 aromatic rings. The van der Waals surface area contributed by atoms with Crippen LogP contribution in [-0.4, -0.2) is 6.29 Å². The van der Waals surface area contributed by atoms with Crippen LogP contribution in [-0.2, 0) is 4.79 Å². The van der Waals surface area contributed by atoms with Crippen molar-refractivity contribution >= 4 is 17.9 Å². The second-order valence-electron chi connectivity index (χ2n) is 4.46. The molecular formula is C11H17ClO. The van der Waals surface area contributed by atoms with Crippen LogP contribution in [0, 0.1) is 11.3 Å². The van der Waals surface area contributed by atoms with Gasteiger partial charge in [0.05, 0.1) is 0 Å². The van der Waals surface area contributed by atoms with Crippen LogP contribution in [0.2, 0.25) is 0 Å². The fourth-order valence-electron chi connectivity index (χ4n) is 2.34. The second-order valence-corrected chi connectivity index (χ2v) is 4.68. The molecule has 0 N–H and O–H groups in total. The van der Waals surface area contributed by atoms with Gasteiger partial charge in [-0.3, -0.25) is 0 Å². The second kappa shape index (κ2) is 4.28. The Balaban J connectivity index is 2.66. The van der Waals surface area contributed by atoms with Gasteiger partial charge in [-0.2, -0.15) is 0 Å². The van der Waals surface area contributed by atoms with Gasteiger partial charge in [-0.1, -0.05) is 24.1 Å². The Morgan fingerprint density at radius 3 is 2.77 bits per heavy atom. The monoisotopic (exact) mass is 200 g/mol. The normalized spacial score (nSPS) is 35.0. The predicted molar refractivity (Wildman–Crippen MR) is 55.7 cm³/mol. The van der Waals surface area contributed by atoms with E-state index in [-0.39, 0.29) is 5.41 Å². The van der Waals surface area contributed by atoms with E-state index in [1.54, 1.807) is 5.54 Å². The first-order chi connectivity index (χ1) is 6.12. The third-order valence-electron chi connectivity index (χ3n) is 2.96. The molecule has 0 radical (unpaired) electrons. The first-order valence-corrected chi connectivity index (χ1v) is 5.28. The number of allylic oxidation sites excluding steroid dienone is 1. The number of carbonyl (C=O) groups excluding carboxylic acids is 1. The van der Waals surface area contributed by atoms with Crippen LogP contribution in [0.15, 0.2) is 11.1 Å². The SMILES string of the molecule is C/C(=C\Cl)CC1(C=O)CCC(C)C1. The van der Waals surface area contributed by atoms with Crippen molar-refractivity contribution in [2.75, 3.05) is 0 Å². The largest absolute Gasteiger partial charge is 0.303 e. The lowest BCUT2D eigenvalue weighted by Crippen LogP contribution is -2.19. The average molecular weight is 201 g/mol. The quantitative estimate of drug-likeness (QED) is 0.638. The summed E-state index contributed by atoms with van der Waals surface area (Å²) in [5.74, 6) is 0.688. The molecule has 0 bridgehead atoms. The van der Waals surface area contributed by atoms with Gasteiger partial charge in [0.2, 0.25) is 0 Å². The van der Waals surface area contributed by atoms with Crippen molar-refractivity contribution in [1.82, 2.24) is 0 Å². The third-order valence-corrected chi connectivity index (χ3v) is 3.33. The van der Waals surface area contributed by atoms with Crippen LogP contribution in [0.4, 0.5) is 0 Å². The summed E-state index contributed by atoms with van der Waals surface area (Å²) >= 11 is 5.61. The van der Waals surface area contributed by atoms with Crippen molar-refractivity contribution in [2.45, 2.75) is 39.5 Å². The van der Waals surface area contributed by atoms with E-state index in [0.29, 0.717) is 5.92 Å². The standard InChI is InChI=1S/C11H17ClO/c1-9-3-4-11(5-9,8-13)6-10(2)7-12/h7-9H,3-6H2,1-2H3/b10-7+. The van der Waals surface area contributed by atoms with Crippen LogP contribution in [0.5, 0.6) is 0 Å². The lowest BCUT2D eigenvalue weighted by molar-refractivity contribution is -0.116. The summed E-state index contributed by atoms with van der Waals surface area (Å²) in [6, 6.07) is 0. The molecule has 2 atom stereocenters. The molecule has 1 nitrogen and oxygen atoms in total. The molecular weight excluding hydrogens is 184 g/mol. The number of aldehydes is 1. The zero-order valence-electron chi connectivity index (χ0n) is 8.35. The Kier molecular flexibility index (Phi) is 3.55. The summed E-state index contributed by atoms with van der Waals surface area (Å²) < 4.78 is 0. The van der Waals surface area contributed by atoms with Gasteiger partial charge in [-0.25, -0.2) is 0 Å². The van der Waals surface area contributed by atoms with E-state index in [2.05, 4.69) is 6.92 Å². The molecule has 1 fully saturated rings. The number of halogens is 1. The Morgan fingerprint density at radius 2 is 2.38 bits per heavy atom. The topological polar surface area (TPSA) is 17.1 Å². The summed E-state index contributed by atoms with van der Waals surface area (Å²) in [6.45, 7) is 4.20. The minimum absolute atomic E-state index is 0.102. The average Bonchev–Trinajstić information content (AvgIpc) is 2.48. The predicted octanol–water partition coefficient (Wildman–Crippen LogP) is 3.52. The van der Waals surface area contributed by atoms with Crippen LogP contribution in [0.25, 0.3) is 0 Å². The van der Waals surface area contributed by atoms with Crippen molar-refractivity contribution in [3.8, 4) is 0 Å². The van der Waals surface area contributed by atoms with Gasteiger partial charge in [-0.05, 0) is 38.5 Å². The van der Waals surface area contributed by atoms with Gasteiger partial charge in [0, 0.05) is 11.0 Å². The molecule has 1 saturated carbocycles. The van der Waals surface area contributed by atoms with Gasteiger partial charge >= 0.3 is 0 Å². The first-order valence-electron chi connectivity index (χ1n) is 4.84. The van der Waals surface area contributed by atoms with Crippen LogP contribution >= 0.6 is 11.6 Å². The molecule has 1 aliphatic rings. The Hall–Kier alpha value is -0.300. The summed E-state index contributed by atoms with van der Waals surface area (Å²) in [5, 5.41) is 0. The van der Waals surface area contributed by atoms with Gasteiger partial charge in [0.1, 0.15) is 6.29 Å². The van der Waals surface area contributed by atoms with E-state index in [1.165, 1.54) is 6.42 Å². The highest BCUT2D eigenvalue weighted by molar-refractivity contribution is 6.25. The number of hydrogen-bond acceptors (Lipinski definition) is 1. The first kappa shape index (κ1) is 10.8. The van der Waals surface area contributed by atoms with Crippen LogP contribution in [0.3, 0.4) is 0 Å². The van der Waals surface area contributed by atoms with E-state index in [4.69, 9.17) is 11.6 Å². The Morgan fingerprint density at radius 1 is 1.69 bits per heavy atom. The lowest BCUT2D eigenvalue weighted by atomic mass is 9.81. The van der Waals surface area contributed by atoms with Crippen LogP contribution < -0.4 is 0 Å². The molecule has 2 heteroatoms. The van der Waals surface area contributed by atoms with Gasteiger partial charge in [0.25, 0.3) is 0 Å². The minimum atomic E-state index is -0.102. The van der Waals surface area contributed by atoms with Gasteiger partial charge < -0.3 is 4.79 Å². The molecule has 1 rings (SSSR count). The molecule has 0 aliphatic heterocycles. The van der Waals surface area contributed by atoms with Crippen molar-refractivity contribution in [3.63, 3.8) is 0 Å². The molecule has 74 valence electrons. The van der Waals surface area contributed by atoms with Crippen molar-refractivity contribution in [1.29, 1.82) is 0 Å². The zero-order chi connectivity index (χ0) is 9.90. The molecule has 0 saturated heterocycles. The number of rotatable bonds is 3. The summed E-state index contributed by atoms with van der Waals surface area (Å²) in [6.07, 6.45) is 5.21. The number of carbonyl (C=O) groups is 1.